The SMILES string of the molecule is CC1=C(C(=O)Nc2cccnc2)C(c2ccc(Cl)cc2)n2nc(-c3cccc(C)c3)nc2N1. The zero-order valence-corrected chi connectivity index (χ0v) is 18.8. The Kier molecular flexibility index (Phi) is 5.40. The molecule has 0 saturated carbocycles. The van der Waals surface area contributed by atoms with Crippen LogP contribution in [0.15, 0.2) is 84.3 Å². The number of anilines is 2. The topological polar surface area (TPSA) is 84.7 Å². The number of nitrogens with one attached hydrogen (secondary N) is 2. The molecule has 1 aliphatic rings. The molecule has 3 heterocycles. The van der Waals surface area contributed by atoms with Gasteiger partial charge in [-0.3, -0.25) is 9.78 Å². The fraction of sp³-hybridized carbons (Fsp3) is 0.120. The number of hydrogen-bond donors (Lipinski definition) is 2. The van der Waals surface area contributed by atoms with Gasteiger partial charge in [0.05, 0.1) is 17.5 Å². The van der Waals surface area contributed by atoms with Crippen molar-refractivity contribution in [2.24, 2.45) is 0 Å². The Morgan fingerprint density at radius 2 is 1.91 bits per heavy atom. The molecule has 2 aromatic carbocycles. The number of halogens is 1. The van der Waals surface area contributed by atoms with Crippen LogP contribution in [0.1, 0.15) is 24.1 Å². The number of allylic oxidation sites excluding steroid dienone is 1. The molecule has 33 heavy (non-hydrogen) atoms. The maximum absolute atomic E-state index is 13.4. The molecule has 7 nitrogen and oxygen atoms in total. The third-order valence-corrected chi connectivity index (χ3v) is 5.73. The number of aryl methyl sites for hydroxylation is 1. The molecule has 1 unspecified atom stereocenters. The minimum atomic E-state index is -0.485. The predicted molar refractivity (Wildman–Crippen MR) is 129 cm³/mol. The van der Waals surface area contributed by atoms with Crippen LogP contribution in [0.25, 0.3) is 11.4 Å². The van der Waals surface area contributed by atoms with Crippen molar-refractivity contribution in [1.82, 2.24) is 19.7 Å². The van der Waals surface area contributed by atoms with Gasteiger partial charge in [-0.2, -0.15) is 4.98 Å². The van der Waals surface area contributed by atoms with Crippen molar-refractivity contribution in [2.75, 3.05) is 10.6 Å². The van der Waals surface area contributed by atoms with E-state index in [1.807, 2.05) is 62.4 Å². The third-order valence-electron chi connectivity index (χ3n) is 5.48. The second-order valence-electron chi connectivity index (χ2n) is 7.89. The van der Waals surface area contributed by atoms with E-state index in [1.165, 1.54) is 0 Å². The molecule has 0 fully saturated rings. The van der Waals surface area contributed by atoms with E-state index in [2.05, 4.69) is 15.6 Å². The van der Waals surface area contributed by atoms with Crippen molar-refractivity contribution in [2.45, 2.75) is 19.9 Å². The van der Waals surface area contributed by atoms with Crippen LogP contribution in [0.4, 0.5) is 11.6 Å². The molecule has 0 aliphatic carbocycles. The quantitative estimate of drug-likeness (QED) is 0.439. The molecule has 0 radical (unpaired) electrons. The van der Waals surface area contributed by atoms with E-state index in [0.717, 1.165) is 16.7 Å². The molecule has 2 N–H and O–H groups in total. The maximum atomic E-state index is 13.4. The lowest BCUT2D eigenvalue weighted by atomic mass is 9.95. The molecule has 0 bridgehead atoms. The summed E-state index contributed by atoms with van der Waals surface area (Å²) in [5.74, 6) is 0.912. The lowest BCUT2D eigenvalue weighted by Crippen LogP contribution is -2.31. The zero-order valence-electron chi connectivity index (χ0n) is 18.1. The number of aromatic nitrogens is 4. The van der Waals surface area contributed by atoms with Crippen molar-refractivity contribution < 1.29 is 4.79 Å². The molecule has 1 aliphatic heterocycles. The van der Waals surface area contributed by atoms with Gasteiger partial charge in [0.15, 0.2) is 5.82 Å². The van der Waals surface area contributed by atoms with Crippen LogP contribution in [0.3, 0.4) is 0 Å². The normalized spacial score (nSPS) is 15.1. The monoisotopic (exact) mass is 456 g/mol. The van der Waals surface area contributed by atoms with Crippen molar-refractivity contribution in [3.8, 4) is 11.4 Å². The summed E-state index contributed by atoms with van der Waals surface area (Å²) < 4.78 is 1.76. The average molecular weight is 457 g/mol. The van der Waals surface area contributed by atoms with Gasteiger partial charge in [-0.1, -0.05) is 47.5 Å². The van der Waals surface area contributed by atoms with Gasteiger partial charge in [-0.15, -0.1) is 5.10 Å². The van der Waals surface area contributed by atoms with Crippen LogP contribution >= 0.6 is 11.6 Å². The summed E-state index contributed by atoms with van der Waals surface area (Å²) in [7, 11) is 0. The first-order valence-electron chi connectivity index (χ1n) is 10.5. The van der Waals surface area contributed by atoms with Gasteiger partial charge >= 0.3 is 0 Å². The van der Waals surface area contributed by atoms with Crippen molar-refractivity contribution >= 4 is 29.1 Å². The highest BCUT2D eigenvalue weighted by molar-refractivity contribution is 6.30. The Morgan fingerprint density at radius 1 is 1.09 bits per heavy atom. The number of carbonyl (C=O) groups is 1. The molecule has 1 amide bonds. The molecule has 5 rings (SSSR count). The lowest BCUT2D eigenvalue weighted by molar-refractivity contribution is -0.113. The molecule has 1 atom stereocenters. The van der Waals surface area contributed by atoms with Gasteiger partial charge in [0.1, 0.15) is 6.04 Å². The van der Waals surface area contributed by atoms with Gasteiger partial charge in [0.25, 0.3) is 5.91 Å². The van der Waals surface area contributed by atoms with Gasteiger partial charge in [-0.25, -0.2) is 4.68 Å². The molecule has 0 spiro atoms. The molecule has 8 heteroatoms. The number of benzene rings is 2. The Labute approximate surface area is 196 Å². The first-order chi connectivity index (χ1) is 16.0. The van der Waals surface area contributed by atoms with Crippen LogP contribution < -0.4 is 10.6 Å². The van der Waals surface area contributed by atoms with E-state index >= 15 is 0 Å². The van der Waals surface area contributed by atoms with E-state index in [4.69, 9.17) is 21.7 Å². The number of nitrogens with zero attached hydrogens (tertiary/aromatic N) is 4. The summed E-state index contributed by atoms with van der Waals surface area (Å²) in [6, 6.07) is 18.5. The zero-order chi connectivity index (χ0) is 22.9. The average Bonchev–Trinajstić information content (AvgIpc) is 3.23. The van der Waals surface area contributed by atoms with E-state index in [0.29, 0.717) is 33.8 Å². The Bertz CT molecular complexity index is 1360. The summed E-state index contributed by atoms with van der Waals surface area (Å²) in [5.41, 5.74) is 4.75. The van der Waals surface area contributed by atoms with Gasteiger partial charge in [0.2, 0.25) is 5.95 Å². The summed E-state index contributed by atoms with van der Waals surface area (Å²) in [6.45, 7) is 3.90. The molecule has 164 valence electrons. The first kappa shape index (κ1) is 20.9. The number of carbonyl (C=O) groups excluding carboxylic acids is 1. The fourth-order valence-electron chi connectivity index (χ4n) is 3.94. The lowest BCUT2D eigenvalue weighted by Gasteiger charge is -2.28. The second kappa shape index (κ2) is 8.52. The summed E-state index contributed by atoms with van der Waals surface area (Å²) in [6.07, 6.45) is 3.27. The molecule has 2 aromatic heterocycles. The Morgan fingerprint density at radius 3 is 2.64 bits per heavy atom. The minimum Gasteiger partial charge on any atom is -0.328 e. The number of amides is 1. The van der Waals surface area contributed by atoms with Crippen molar-refractivity contribution in [3.63, 3.8) is 0 Å². The maximum Gasteiger partial charge on any atom is 0.255 e. The van der Waals surface area contributed by atoms with E-state index in [9.17, 15) is 4.79 Å². The molecule has 0 saturated heterocycles. The standard InChI is InChI=1S/C25H21ClN6O/c1-15-5-3-6-18(13-15)23-30-25-28-16(2)21(24(33)29-20-7-4-12-27-14-20)22(32(25)31-23)17-8-10-19(26)11-9-17/h3-14,22H,1-2H3,(H,29,33)(H,28,30,31). The van der Waals surface area contributed by atoms with Crippen LogP contribution in [-0.4, -0.2) is 25.7 Å². The highest BCUT2D eigenvalue weighted by atomic mass is 35.5. The number of fused-ring (bicyclic) bond motifs is 1. The van der Waals surface area contributed by atoms with E-state index in [1.54, 1.807) is 29.2 Å². The van der Waals surface area contributed by atoms with Gasteiger partial charge in [0, 0.05) is 22.5 Å². The van der Waals surface area contributed by atoms with Crippen LogP contribution in [0, 0.1) is 6.92 Å². The first-order valence-corrected chi connectivity index (χ1v) is 10.9. The summed E-state index contributed by atoms with van der Waals surface area (Å²) in [5, 5.41) is 11.6. The minimum absolute atomic E-state index is 0.244. The smallest absolute Gasteiger partial charge is 0.255 e. The number of hydrogen-bond acceptors (Lipinski definition) is 5. The van der Waals surface area contributed by atoms with Gasteiger partial charge < -0.3 is 10.6 Å². The Hall–Kier alpha value is -3.97. The largest absolute Gasteiger partial charge is 0.328 e. The second-order valence-corrected chi connectivity index (χ2v) is 8.32. The molecular weight excluding hydrogens is 436 g/mol. The predicted octanol–water partition coefficient (Wildman–Crippen LogP) is 5.23. The fourth-order valence-corrected chi connectivity index (χ4v) is 4.07. The van der Waals surface area contributed by atoms with Crippen LogP contribution in [0.5, 0.6) is 0 Å². The van der Waals surface area contributed by atoms with E-state index < -0.39 is 6.04 Å². The number of rotatable bonds is 4. The van der Waals surface area contributed by atoms with Crippen LogP contribution in [0.2, 0.25) is 5.02 Å². The van der Waals surface area contributed by atoms with Crippen molar-refractivity contribution in [3.05, 3.63) is 100 Å². The molecular formula is C25H21ClN6O. The highest BCUT2D eigenvalue weighted by Crippen LogP contribution is 2.37. The Balaban J connectivity index is 1.61. The summed E-state index contributed by atoms with van der Waals surface area (Å²) >= 11 is 6.14. The molecule has 4 aromatic rings. The van der Waals surface area contributed by atoms with E-state index in [-0.39, 0.29) is 5.91 Å². The summed E-state index contributed by atoms with van der Waals surface area (Å²) in [4.78, 5) is 22.2. The highest BCUT2D eigenvalue weighted by Gasteiger charge is 2.34. The van der Waals surface area contributed by atoms with Crippen LogP contribution in [-0.2, 0) is 4.79 Å². The van der Waals surface area contributed by atoms with Crippen molar-refractivity contribution in [1.29, 1.82) is 0 Å². The third kappa shape index (κ3) is 4.10. The number of pyridine rings is 1. The van der Waals surface area contributed by atoms with Gasteiger partial charge in [-0.05, 0) is 49.7 Å².